The van der Waals surface area contributed by atoms with E-state index >= 15 is 0 Å². The Kier molecular flexibility index (Phi) is 6.41. The van der Waals surface area contributed by atoms with E-state index < -0.39 is 0 Å². The third-order valence-electron chi connectivity index (χ3n) is 12.1. The second-order valence-corrected chi connectivity index (χ2v) is 15.3. The molecule has 0 saturated heterocycles. The lowest BCUT2D eigenvalue weighted by Gasteiger charge is -2.10. The molecule has 0 spiro atoms. The van der Waals surface area contributed by atoms with Gasteiger partial charge in [-0.15, -0.1) is 0 Å². The van der Waals surface area contributed by atoms with Crippen molar-refractivity contribution in [3.05, 3.63) is 194 Å². The molecule has 9 aromatic carbocycles. The maximum atomic E-state index is 6.70. The summed E-state index contributed by atoms with van der Waals surface area (Å²) in [5, 5.41) is 9.36. The predicted octanol–water partition coefficient (Wildman–Crippen LogP) is 15.0. The van der Waals surface area contributed by atoms with Gasteiger partial charge >= 0.3 is 0 Å². The first-order chi connectivity index (χ1) is 28.8. The first-order valence-corrected chi connectivity index (χ1v) is 19.8. The normalized spacial score (nSPS) is 12.1. The Hall–Kier alpha value is -7.82. The number of fused-ring (bicyclic) bond motifs is 12. The SMILES string of the molecule is c1cc(-c2cccc3c2oc2ccc(-c4ccc5oc6c(-n7c8ccccc8c8ccccc87)cccc6c5c4)cc23)cc(-n2c3ccccc3c3ccccc32)c1. The van der Waals surface area contributed by atoms with Crippen LogP contribution in [0.15, 0.2) is 203 Å². The number of hydrogen-bond acceptors (Lipinski definition) is 2. The molecule has 0 N–H and O–H groups in total. The zero-order valence-corrected chi connectivity index (χ0v) is 31.2. The van der Waals surface area contributed by atoms with E-state index in [2.05, 4.69) is 203 Å². The Balaban J connectivity index is 0.927. The highest BCUT2D eigenvalue weighted by Crippen LogP contribution is 2.42. The van der Waals surface area contributed by atoms with Crippen molar-refractivity contribution in [2.24, 2.45) is 0 Å². The molecule has 0 saturated carbocycles. The van der Waals surface area contributed by atoms with Crippen LogP contribution in [0.5, 0.6) is 0 Å². The third kappa shape index (κ3) is 4.40. The fourth-order valence-corrected chi connectivity index (χ4v) is 9.54. The number of hydrogen-bond donors (Lipinski definition) is 0. The first-order valence-electron chi connectivity index (χ1n) is 19.8. The van der Waals surface area contributed by atoms with Crippen molar-refractivity contribution >= 4 is 87.5 Å². The molecule has 270 valence electrons. The lowest BCUT2D eigenvalue weighted by molar-refractivity contribution is 0.666. The van der Waals surface area contributed by atoms with Gasteiger partial charge in [0.05, 0.1) is 27.8 Å². The fraction of sp³-hybridized carbons (Fsp3) is 0. The molecule has 0 radical (unpaired) electrons. The van der Waals surface area contributed by atoms with E-state index in [0.717, 1.165) is 88.5 Å². The monoisotopic (exact) mass is 740 g/mol. The van der Waals surface area contributed by atoms with Crippen LogP contribution in [0.2, 0.25) is 0 Å². The van der Waals surface area contributed by atoms with Gasteiger partial charge < -0.3 is 18.0 Å². The second kappa shape index (κ2) is 11.8. The second-order valence-electron chi connectivity index (χ2n) is 15.3. The first kappa shape index (κ1) is 31.4. The Labute approximate surface area is 332 Å². The average molecular weight is 741 g/mol. The average Bonchev–Trinajstić information content (AvgIpc) is 4.04. The van der Waals surface area contributed by atoms with Crippen LogP contribution in [0, 0.1) is 0 Å². The quantitative estimate of drug-likeness (QED) is 0.180. The van der Waals surface area contributed by atoms with Crippen molar-refractivity contribution < 1.29 is 8.83 Å². The molecule has 0 unspecified atom stereocenters. The summed E-state index contributed by atoms with van der Waals surface area (Å²) in [5.74, 6) is 0. The summed E-state index contributed by atoms with van der Waals surface area (Å²) in [6.45, 7) is 0. The number of rotatable bonds is 4. The Morgan fingerprint density at radius 2 is 0.759 bits per heavy atom. The molecule has 4 nitrogen and oxygen atoms in total. The molecule has 0 atom stereocenters. The minimum atomic E-state index is 0.870. The summed E-state index contributed by atoms with van der Waals surface area (Å²) < 4.78 is 18.1. The highest BCUT2D eigenvalue weighted by molar-refractivity contribution is 6.14. The van der Waals surface area contributed by atoms with Crippen LogP contribution < -0.4 is 0 Å². The summed E-state index contributed by atoms with van der Waals surface area (Å²) in [7, 11) is 0. The molecule has 13 rings (SSSR count). The highest BCUT2D eigenvalue weighted by Gasteiger charge is 2.19. The highest BCUT2D eigenvalue weighted by atomic mass is 16.3. The number of aromatic nitrogens is 2. The van der Waals surface area contributed by atoms with E-state index in [0.29, 0.717) is 0 Å². The topological polar surface area (TPSA) is 36.1 Å². The zero-order chi connectivity index (χ0) is 37.9. The largest absolute Gasteiger partial charge is 0.455 e. The lowest BCUT2D eigenvalue weighted by Crippen LogP contribution is -1.94. The van der Waals surface area contributed by atoms with Crippen molar-refractivity contribution in [1.82, 2.24) is 9.13 Å². The molecule has 0 amide bonds. The molecule has 58 heavy (non-hydrogen) atoms. The molecule has 4 heteroatoms. The number of furan rings is 2. The maximum absolute atomic E-state index is 6.70. The fourth-order valence-electron chi connectivity index (χ4n) is 9.54. The van der Waals surface area contributed by atoms with E-state index in [4.69, 9.17) is 8.83 Å². The lowest BCUT2D eigenvalue weighted by atomic mass is 9.99. The van der Waals surface area contributed by atoms with Gasteiger partial charge in [0.1, 0.15) is 16.7 Å². The van der Waals surface area contributed by atoms with Gasteiger partial charge in [0.25, 0.3) is 0 Å². The van der Waals surface area contributed by atoms with Crippen LogP contribution in [-0.2, 0) is 0 Å². The van der Waals surface area contributed by atoms with E-state index in [9.17, 15) is 0 Å². The van der Waals surface area contributed by atoms with Gasteiger partial charge in [0.15, 0.2) is 5.58 Å². The zero-order valence-electron chi connectivity index (χ0n) is 31.2. The van der Waals surface area contributed by atoms with Crippen molar-refractivity contribution in [3.8, 4) is 33.6 Å². The van der Waals surface area contributed by atoms with Crippen molar-refractivity contribution in [2.45, 2.75) is 0 Å². The molecular formula is C54H32N2O2. The van der Waals surface area contributed by atoms with Crippen molar-refractivity contribution in [2.75, 3.05) is 0 Å². The third-order valence-corrected chi connectivity index (χ3v) is 12.1. The van der Waals surface area contributed by atoms with Crippen molar-refractivity contribution in [3.63, 3.8) is 0 Å². The van der Waals surface area contributed by atoms with Gasteiger partial charge in [-0.05, 0) is 83.4 Å². The molecule has 0 aliphatic rings. The van der Waals surface area contributed by atoms with Gasteiger partial charge in [-0.3, -0.25) is 0 Å². The predicted molar refractivity (Wildman–Crippen MR) is 241 cm³/mol. The molecule has 0 aliphatic carbocycles. The molecule has 0 bridgehead atoms. The number of nitrogens with zero attached hydrogens (tertiary/aromatic N) is 2. The molecule has 0 aliphatic heterocycles. The molecule has 0 fully saturated rings. The summed E-state index contributed by atoms with van der Waals surface area (Å²) in [6, 6.07) is 69.4. The Morgan fingerprint density at radius 1 is 0.293 bits per heavy atom. The van der Waals surface area contributed by atoms with Gasteiger partial charge in [-0.1, -0.05) is 127 Å². The smallest absolute Gasteiger partial charge is 0.159 e. The van der Waals surface area contributed by atoms with E-state index in [1.54, 1.807) is 0 Å². The minimum Gasteiger partial charge on any atom is -0.455 e. The van der Waals surface area contributed by atoms with Crippen LogP contribution in [0.4, 0.5) is 0 Å². The van der Waals surface area contributed by atoms with Crippen molar-refractivity contribution in [1.29, 1.82) is 0 Å². The Morgan fingerprint density at radius 3 is 1.34 bits per heavy atom. The summed E-state index contributed by atoms with van der Waals surface area (Å²) in [4.78, 5) is 0. The van der Waals surface area contributed by atoms with Gasteiger partial charge in [-0.25, -0.2) is 0 Å². The standard InChI is InChI=1S/C54H32N2O2/c1-5-21-46-38(14-1)39-15-2-6-22-47(39)55(46)36-13-9-12-35(30-36)37-18-10-19-42-44-31-33(26-28-51(44)57-53(37)42)34-27-29-52-45(32-34)43-20-11-25-50(54(43)58-52)56-48-23-7-3-16-40(48)41-17-4-8-24-49(41)56/h1-32H. The van der Waals surface area contributed by atoms with Crippen LogP contribution >= 0.6 is 0 Å². The molecule has 13 aromatic rings. The van der Waals surface area contributed by atoms with E-state index in [-0.39, 0.29) is 0 Å². The number of para-hydroxylation sites is 6. The summed E-state index contributed by atoms with van der Waals surface area (Å²) >= 11 is 0. The minimum absolute atomic E-state index is 0.870. The molecule has 4 heterocycles. The van der Waals surface area contributed by atoms with E-state index in [1.807, 2.05) is 0 Å². The number of benzene rings is 9. The van der Waals surface area contributed by atoms with Gasteiger partial charge in [-0.2, -0.15) is 0 Å². The van der Waals surface area contributed by atoms with Gasteiger partial charge in [0.2, 0.25) is 0 Å². The Bertz CT molecular complexity index is 3710. The maximum Gasteiger partial charge on any atom is 0.159 e. The summed E-state index contributed by atoms with van der Waals surface area (Å²) in [5.41, 5.74) is 14.8. The van der Waals surface area contributed by atoms with Crippen LogP contribution in [-0.4, -0.2) is 9.13 Å². The van der Waals surface area contributed by atoms with Crippen LogP contribution in [0.3, 0.4) is 0 Å². The van der Waals surface area contributed by atoms with Crippen LogP contribution in [0.25, 0.3) is 121 Å². The molecule has 4 aromatic heterocycles. The van der Waals surface area contributed by atoms with Gasteiger partial charge in [0, 0.05) is 54.3 Å². The van der Waals surface area contributed by atoms with Crippen LogP contribution in [0.1, 0.15) is 0 Å². The summed E-state index contributed by atoms with van der Waals surface area (Å²) in [6.07, 6.45) is 0. The molecular weight excluding hydrogens is 709 g/mol. The van der Waals surface area contributed by atoms with E-state index in [1.165, 1.54) is 32.6 Å².